The Hall–Kier alpha value is -1.13. The maximum Gasteiger partial charge on any atom is 0.283 e. The van der Waals surface area contributed by atoms with Gasteiger partial charge >= 0.3 is 0 Å². The number of hydrogen-bond donors (Lipinski definition) is 1. The highest BCUT2D eigenvalue weighted by molar-refractivity contribution is 6.29. The summed E-state index contributed by atoms with van der Waals surface area (Å²) in [6.07, 6.45) is 6.08. The fourth-order valence-electron chi connectivity index (χ4n) is 1.48. The molecule has 0 bridgehead atoms. The number of allylic oxidation sites excluding steroid dienone is 5. The van der Waals surface area contributed by atoms with Gasteiger partial charge in [0.2, 0.25) is 0 Å². The van der Waals surface area contributed by atoms with Gasteiger partial charge in [0.1, 0.15) is 0 Å². The summed E-state index contributed by atoms with van der Waals surface area (Å²) in [6.45, 7) is 6.07. The first-order chi connectivity index (χ1) is 8.38. The van der Waals surface area contributed by atoms with Gasteiger partial charge in [-0.3, -0.25) is 10.1 Å². The van der Waals surface area contributed by atoms with Gasteiger partial charge in [-0.15, -0.1) is 0 Å². The topological polar surface area (TPSA) is 69.2 Å². The molecule has 0 radical (unpaired) electrons. The van der Waals surface area contributed by atoms with Crippen LogP contribution in [0.5, 0.6) is 0 Å². The Bertz CT molecular complexity index is 376. The monoisotopic (exact) mass is 272 g/mol. The molecule has 0 rings (SSSR count). The third-order valence-corrected chi connectivity index (χ3v) is 2.46. The Morgan fingerprint density at radius 1 is 1.28 bits per heavy atom. The van der Waals surface area contributed by atoms with Gasteiger partial charge in [0, 0.05) is 6.08 Å². The van der Waals surface area contributed by atoms with Gasteiger partial charge < -0.3 is 5.73 Å². The Labute approximate surface area is 113 Å². The summed E-state index contributed by atoms with van der Waals surface area (Å²) in [6, 6.07) is 0. The lowest BCUT2D eigenvalue weighted by Crippen LogP contribution is -2.00. The van der Waals surface area contributed by atoms with E-state index in [1.807, 2.05) is 19.9 Å². The second-order valence-corrected chi connectivity index (χ2v) is 4.93. The van der Waals surface area contributed by atoms with E-state index in [-0.39, 0.29) is 10.7 Å². The van der Waals surface area contributed by atoms with Gasteiger partial charge in [0.15, 0.2) is 0 Å². The SMILES string of the molecule is CC(C)=C/C(=C\C(=C(/C)Cl)[N+](=O)[O-])CCCCN. The molecule has 0 aliphatic heterocycles. The van der Waals surface area contributed by atoms with Crippen LogP contribution in [0, 0.1) is 10.1 Å². The predicted octanol–water partition coefficient (Wildman–Crippen LogP) is 3.76. The molecule has 102 valence electrons. The van der Waals surface area contributed by atoms with Crippen molar-refractivity contribution >= 4 is 11.6 Å². The van der Waals surface area contributed by atoms with Crippen molar-refractivity contribution in [2.45, 2.75) is 40.0 Å². The summed E-state index contributed by atoms with van der Waals surface area (Å²) in [5.41, 5.74) is 7.41. The molecule has 18 heavy (non-hydrogen) atoms. The first kappa shape index (κ1) is 16.9. The Balaban J connectivity index is 5.11. The molecule has 0 fully saturated rings. The molecule has 0 aromatic rings. The van der Waals surface area contributed by atoms with Crippen LogP contribution in [-0.4, -0.2) is 11.5 Å². The second-order valence-electron chi connectivity index (χ2n) is 4.36. The van der Waals surface area contributed by atoms with E-state index in [2.05, 4.69) is 0 Å². The molecule has 4 nitrogen and oxygen atoms in total. The Morgan fingerprint density at radius 2 is 1.89 bits per heavy atom. The van der Waals surface area contributed by atoms with Crippen molar-refractivity contribution in [3.8, 4) is 0 Å². The molecule has 0 aromatic heterocycles. The van der Waals surface area contributed by atoms with Gasteiger partial charge in [0.05, 0.1) is 9.96 Å². The van der Waals surface area contributed by atoms with Crippen LogP contribution in [-0.2, 0) is 0 Å². The molecule has 0 unspecified atom stereocenters. The van der Waals surface area contributed by atoms with Crippen molar-refractivity contribution in [1.29, 1.82) is 0 Å². The van der Waals surface area contributed by atoms with Gasteiger partial charge in [-0.05, 0) is 52.2 Å². The number of hydrogen-bond acceptors (Lipinski definition) is 3. The van der Waals surface area contributed by atoms with E-state index >= 15 is 0 Å². The number of unbranched alkanes of at least 4 members (excludes halogenated alkanes) is 1. The first-order valence-corrected chi connectivity index (χ1v) is 6.32. The number of nitro groups is 1. The van der Waals surface area contributed by atoms with Crippen LogP contribution >= 0.6 is 11.6 Å². The Morgan fingerprint density at radius 3 is 2.28 bits per heavy atom. The molecule has 0 atom stereocenters. The van der Waals surface area contributed by atoms with Crippen molar-refractivity contribution in [3.05, 3.63) is 44.1 Å². The van der Waals surface area contributed by atoms with Crippen molar-refractivity contribution in [2.24, 2.45) is 5.73 Å². The van der Waals surface area contributed by atoms with Crippen LogP contribution in [0.3, 0.4) is 0 Å². The van der Waals surface area contributed by atoms with Gasteiger partial charge in [0.25, 0.3) is 5.70 Å². The lowest BCUT2D eigenvalue weighted by atomic mass is 10.0. The zero-order valence-corrected chi connectivity index (χ0v) is 12.0. The Kier molecular flexibility index (Phi) is 8.33. The van der Waals surface area contributed by atoms with E-state index in [1.165, 1.54) is 6.92 Å². The van der Waals surface area contributed by atoms with Crippen LogP contribution in [0.2, 0.25) is 0 Å². The summed E-state index contributed by atoms with van der Waals surface area (Å²) >= 11 is 5.73. The summed E-state index contributed by atoms with van der Waals surface area (Å²) < 4.78 is 0. The van der Waals surface area contributed by atoms with E-state index in [1.54, 1.807) is 6.08 Å². The third kappa shape index (κ3) is 7.25. The molecule has 0 saturated carbocycles. The van der Waals surface area contributed by atoms with Crippen LogP contribution < -0.4 is 5.73 Å². The molecular formula is C13H21ClN2O2. The molecule has 0 aliphatic carbocycles. The van der Waals surface area contributed by atoms with Crippen molar-refractivity contribution in [2.75, 3.05) is 6.54 Å². The van der Waals surface area contributed by atoms with Crippen molar-refractivity contribution in [1.82, 2.24) is 0 Å². The molecule has 0 saturated heterocycles. The highest BCUT2D eigenvalue weighted by Crippen LogP contribution is 2.18. The molecular weight excluding hydrogens is 252 g/mol. The summed E-state index contributed by atoms with van der Waals surface area (Å²) in [7, 11) is 0. The number of rotatable bonds is 7. The molecule has 0 amide bonds. The number of halogens is 1. The van der Waals surface area contributed by atoms with Crippen LogP contribution in [0.15, 0.2) is 34.0 Å². The zero-order valence-electron chi connectivity index (χ0n) is 11.2. The predicted molar refractivity (Wildman–Crippen MR) is 76.0 cm³/mol. The average molecular weight is 273 g/mol. The summed E-state index contributed by atoms with van der Waals surface area (Å²) in [4.78, 5) is 10.4. The fourth-order valence-corrected chi connectivity index (χ4v) is 1.61. The highest BCUT2D eigenvalue weighted by atomic mass is 35.5. The third-order valence-electron chi connectivity index (χ3n) is 2.27. The molecule has 5 heteroatoms. The number of nitrogens with two attached hydrogens (primary N) is 1. The van der Waals surface area contributed by atoms with Gasteiger partial charge in [-0.1, -0.05) is 23.3 Å². The minimum absolute atomic E-state index is 0.0445. The average Bonchev–Trinajstić information content (AvgIpc) is 2.23. The molecule has 2 N–H and O–H groups in total. The molecule has 0 spiro atoms. The van der Waals surface area contributed by atoms with Crippen molar-refractivity contribution < 1.29 is 4.92 Å². The quantitative estimate of drug-likeness (QED) is 0.332. The molecule has 0 heterocycles. The van der Waals surface area contributed by atoms with Crippen LogP contribution in [0.1, 0.15) is 40.0 Å². The van der Waals surface area contributed by atoms with E-state index in [0.717, 1.165) is 30.4 Å². The summed E-state index contributed by atoms with van der Waals surface area (Å²) in [5.74, 6) is 0. The summed E-state index contributed by atoms with van der Waals surface area (Å²) in [5, 5.41) is 11.1. The molecule has 0 aliphatic rings. The van der Waals surface area contributed by atoms with E-state index in [9.17, 15) is 10.1 Å². The van der Waals surface area contributed by atoms with Crippen LogP contribution in [0.4, 0.5) is 0 Å². The normalized spacial score (nSPS) is 13.1. The zero-order chi connectivity index (χ0) is 14.1. The minimum Gasteiger partial charge on any atom is -0.330 e. The van der Waals surface area contributed by atoms with Crippen molar-refractivity contribution in [3.63, 3.8) is 0 Å². The fraction of sp³-hybridized carbons (Fsp3) is 0.538. The maximum atomic E-state index is 10.9. The lowest BCUT2D eigenvalue weighted by Gasteiger charge is -2.03. The van der Waals surface area contributed by atoms with E-state index < -0.39 is 4.92 Å². The number of nitrogens with zero attached hydrogens (tertiary/aromatic N) is 1. The second kappa shape index (κ2) is 8.89. The van der Waals surface area contributed by atoms with Gasteiger partial charge in [-0.25, -0.2) is 0 Å². The smallest absolute Gasteiger partial charge is 0.283 e. The lowest BCUT2D eigenvalue weighted by molar-refractivity contribution is -0.419. The van der Waals surface area contributed by atoms with E-state index in [0.29, 0.717) is 6.54 Å². The standard InChI is InChI=1S/C13H21ClN2O2/c1-10(2)8-12(6-4-5-7-15)9-13(11(3)14)16(17)18/h8-9H,4-7,15H2,1-3H3/b12-9-,13-11-. The highest BCUT2D eigenvalue weighted by Gasteiger charge is 2.11. The van der Waals surface area contributed by atoms with Gasteiger partial charge in [-0.2, -0.15) is 0 Å². The maximum absolute atomic E-state index is 10.9. The van der Waals surface area contributed by atoms with E-state index in [4.69, 9.17) is 17.3 Å². The molecule has 0 aromatic carbocycles. The largest absolute Gasteiger partial charge is 0.330 e. The minimum atomic E-state index is -0.454. The first-order valence-electron chi connectivity index (χ1n) is 5.94. The van der Waals surface area contributed by atoms with Crippen LogP contribution in [0.25, 0.3) is 0 Å².